The molecule has 1 saturated carbocycles. The third-order valence-corrected chi connectivity index (χ3v) is 2.02. The van der Waals surface area contributed by atoms with Crippen LogP contribution in [0.2, 0.25) is 0 Å². The van der Waals surface area contributed by atoms with Crippen molar-refractivity contribution in [1.29, 1.82) is 5.26 Å². The van der Waals surface area contributed by atoms with E-state index in [1.54, 1.807) is 0 Å². The van der Waals surface area contributed by atoms with Crippen LogP contribution >= 0.6 is 11.9 Å². The first kappa shape index (κ1) is 5.93. The van der Waals surface area contributed by atoms with Gasteiger partial charge in [0.05, 0.1) is 12.0 Å². The summed E-state index contributed by atoms with van der Waals surface area (Å²) >= 11 is 1.34. The van der Waals surface area contributed by atoms with Crippen molar-refractivity contribution in [1.82, 2.24) is 0 Å². The second kappa shape index (κ2) is 2.38. The van der Waals surface area contributed by atoms with Crippen LogP contribution in [0.5, 0.6) is 0 Å². The number of hydrogen-bond donors (Lipinski definition) is 1. The molecule has 0 saturated heterocycles. The van der Waals surface area contributed by atoms with Crippen LogP contribution < -0.4 is 5.14 Å². The first-order valence-corrected chi connectivity index (χ1v) is 3.64. The number of rotatable bonds is 2. The molecule has 0 aliphatic heterocycles. The quantitative estimate of drug-likeness (QED) is 0.558. The number of nitrogens with zero attached hydrogens (tertiary/aromatic N) is 1. The van der Waals surface area contributed by atoms with E-state index >= 15 is 0 Å². The van der Waals surface area contributed by atoms with Crippen LogP contribution in [-0.4, -0.2) is 5.75 Å². The lowest BCUT2D eigenvalue weighted by Gasteiger charge is -1.85. The van der Waals surface area contributed by atoms with Gasteiger partial charge in [0, 0.05) is 5.75 Å². The Morgan fingerprint density at radius 1 is 1.88 bits per heavy atom. The summed E-state index contributed by atoms with van der Waals surface area (Å²) in [5.41, 5.74) is 0. The van der Waals surface area contributed by atoms with Crippen LogP contribution in [0.25, 0.3) is 0 Å². The van der Waals surface area contributed by atoms with Gasteiger partial charge in [0.1, 0.15) is 0 Å². The minimum atomic E-state index is 0.325. The molecular weight excluding hydrogens is 120 g/mol. The van der Waals surface area contributed by atoms with Gasteiger partial charge in [-0.15, -0.1) is 0 Å². The molecule has 0 aromatic carbocycles. The van der Waals surface area contributed by atoms with Gasteiger partial charge < -0.3 is 0 Å². The van der Waals surface area contributed by atoms with Gasteiger partial charge in [0.25, 0.3) is 0 Å². The fourth-order valence-electron chi connectivity index (χ4n) is 0.714. The Kier molecular flexibility index (Phi) is 1.77. The second-order valence-electron chi connectivity index (χ2n) is 2.06. The maximum atomic E-state index is 8.30. The molecule has 1 aliphatic carbocycles. The van der Waals surface area contributed by atoms with Gasteiger partial charge in [0.2, 0.25) is 0 Å². The molecule has 0 bridgehead atoms. The van der Waals surface area contributed by atoms with Gasteiger partial charge in [-0.2, -0.15) is 5.26 Å². The van der Waals surface area contributed by atoms with E-state index in [4.69, 9.17) is 10.4 Å². The fourth-order valence-corrected chi connectivity index (χ4v) is 1.33. The second-order valence-corrected chi connectivity index (χ2v) is 2.73. The van der Waals surface area contributed by atoms with Crippen LogP contribution in [-0.2, 0) is 0 Å². The molecule has 0 heterocycles. The third-order valence-electron chi connectivity index (χ3n) is 1.40. The van der Waals surface area contributed by atoms with Crippen LogP contribution in [0.15, 0.2) is 0 Å². The SMILES string of the molecule is N#C[C@H]1C[C@H]1CSN. The Bertz CT molecular complexity index is 118. The lowest BCUT2D eigenvalue weighted by Crippen LogP contribution is -1.88. The van der Waals surface area contributed by atoms with Gasteiger partial charge >= 0.3 is 0 Å². The van der Waals surface area contributed by atoms with Gasteiger partial charge in [-0.1, -0.05) is 11.9 Å². The highest BCUT2D eigenvalue weighted by molar-refractivity contribution is 7.97. The molecule has 3 heteroatoms. The summed E-state index contributed by atoms with van der Waals surface area (Å²) in [7, 11) is 0. The van der Waals surface area contributed by atoms with E-state index in [0.29, 0.717) is 11.8 Å². The Balaban J connectivity index is 2.10. The van der Waals surface area contributed by atoms with Crippen molar-refractivity contribution in [3.8, 4) is 6.07 Å². The van der Waals surface area contributed by atoms with Gasteiger partial charge in [-0.05, 0) is 12.3 Å². The summed E-state index contributed by atoms with van der Waals surface area (Å²) in [6.07, 6.45) is 1.07. The Hall–Kier alpha value is -0.200. The van der Waals surface area contributed by atoms with Crippen molar-refractivity contribution < 1.29 is 0 Å². The highest BCUT2D eigenvalue weighted by Crippen LogP contribution is 2.38. The van der Waals surface area contributed by atoms with Crippen molar-refractivity contribution in [3.05, 3.63) is 0 Å². The van der Waals surface area contributed by atoms with Crippen molar-refractivity contribution in [2.45, 2.75) is 6.42 Å². The zero-order valence-electron chi connectivity index (χ0n) is 4.50. The van der Waals surface area contributed by atoms with Crippen molar-refractivity contribution in [2.24, 2.45) is 17.0 Å². The summed E-state index contributed by atoms with van der Waals surface area (Å²) in [5, 5.41) is 13.5. The van der Waals surface area contributed by atoms with Gasteiger partial charge in [-0.25, -0.2) is 0 Å². The molecule has 8 heavy (non-hydrogen) atoms. The minimum absolute atomic E-state index is 0.325. The summed E-state index contributed by atoms with van der Waals surface area (Å²) in [4.78, 5) is 0. The smallest absolute Gasteiger partial charge is 0.0659 e. The summed E-state index contributed by atoms with van der Waals surface area (Å²) in [5.74, 6) is 1.89. The molecule has 1 fully saturated rings. The zero-order valence-corrected chi connectivity index (χ0v) is 5.32. The average molecular weight is 128 g/mol. The lowest BCUT2D eigenvalue weighted by molar-refractivity contribution is 0.922. The topological polar surface area (TPSA) is 49.8 Å². The van der Waals surface area contributed by atoms with Gasteiger partial charge in [-0.3, -0.25) is 5.14 Å². The Labute approximate surface area is 53.2 Å². The highest BCUT2D eigenvalue weighted by Gasteiger charge is 2.36. The number of nitriles is 1. The van der Waals surface area contributed by atoms with Crippen LogP contribution in [0.1, 0.15) is 6.42 Å². The summed E-state index contributed by atoms with van der Waals surface area (Å²) in [6.45, 7) is 0. The highest BCUT2D eigenvalue weighted by atomic mass is 32.2. The summed E-state index contributed by atoms with van der Waals surface area (Å²) < 4.78 is 0. The predicted molar refractivity (Wildman–Crippen MR) is 33.9 cm³/mol. The minimum Gasteiger partial charge on any atom is -0.278 e. The van der Waals surface area contributed by atoms with Crippen molar-refractivity contribution >= 4 is 11.9 Å². The van der Waals surface area contributed by atoms with Crippen LogP contribution in [0, 0.1) is 23.2 Å². The first-order chi connectivity index (χ1) is 3.88. The first-order valence-electron chi connectivity index (χ1n) is 2.59. The van der Waals surface area contributed by atoms with Crippen molar-refractivity contribution in [2.75, 3.05) is 5.75 Å². The normalized spacial score (nSPS) is 34.0. The van der Waals surface area contributed by atoms with E-state index < -0.39 is 0 Å². The molecule has 44 valence electrons. The monoisotopic (exact) mass is 128 g/mol. The Morgan fingerprint density at radius 3 is 3.00 bits per heavy atom. The van der Waals surface area contributed by atoms with Crippen molar-refractivity contribution in [3.63, 3.8) is 0 Å². The largest absolute Gasteiger partial charge is 0.278 e. The Morgan fingerprint density at radius 2 is 2.62 bits per heavy atom. The average Bonchev–Trinajstić information content (AvgIpc) is 2.48. The molecular formula is C5H8N2S. The van der Waals surface area contributed by atoms with E-state index in [0.717, 1.165) is 12.2 Å². The van der Waals surface area contributed by atoms with E-state index in [1.165, 1.54) is 11.9 Å². The maximum absolute atomic E-state index is 8.30. The lowest BCUT2D eigenvalue weighted by atomic mass is 10.4. The zero-order chi connectivity index (χ0) is 5.98. The number of nitrogens with two attached hydrogens (primary N) is 1. The van der Waals surface area contributed by atoms with Crippen LogP contribution in [0.3, 0.4) is 0 Å². The molecule has 2 atom stereocenters. The van der Waals surface area contributed by atoms with E-state index in [2.05, 4.69) is 6.07 Å². The molecule has 0 aromatic rings. The molecule has 1 aliphatic rings. The van der Waals surface area contributed by atoms with Crippen LogP contribution in [0.4, 0.5) is 0 Å². The maximum Gasteiger partial charge on any atom is 0.0659 e. The number of hydrogen-bond acceptors (Lipinski definition) is 3. The molecule has 2 N–H and O–H groups in total. The molecule has 0 spiro atoms. The molecule has 0 aromatic heterocycles. The fraction of sp³-hybridized carbons (Fsp3) is 0.800. The molecule has 0 amide bonds. The predicted octanol–water partition coefficient (Wildman–Crippen LogP) is 0.753. The van der Waals surface area contributed by atoms with E-state index in [-0.39, 0.29) is 0 Å². The molecule has 0 radical (unpaired) electrons. The van der Waals surface area contributed by atoms with Gasteiger partial charge in [0.15, 0.2) is 0 Å². The summed E-state index contributed by atoms with van der Waals surface area (Å²) in [6, 6.07) is 2.20. The molecule has 2 nitrogen and oxygen atoms in total. The van der Waals surface area contributed by atoms with E-state index in [1.807, 2.05) is 0 Å². The standard InChI is InChI=1S/C5H8N2S/c6-2-4-1-5(4)3-8-7/h4-5H,1,3,7H2/t4-,5+/m1/s1. The molecule has 0 unspecified atom stereocenters. The third kappa shape index (κ3) is 1.15. The molecule has 1 rings (SSSR count). The van der Waals surface area contributed by atoms with E-state index in [9.17, 15) is 0 Å².